The number of aryl methyl sites for hydroxylation is 2. The molecule has 4 saturated heterocycles. The van der Waals surface area contributed by atoms with Crippen molar-refractivity contribution >= 4 is 27.0 Å². The summed E-state index contributed by atoms with van der Waals surface area (Å²) in [5.41, 5.74) is -0.723. The molecule has 24 nitrogen and oxygen atoms in total. The summed E-state index contributed by atoms with van der Waals surface area (Å²) in [7, 11) is -6.89. The molecule has 8 rings (SSSR count). The summed E-state index contributed by atoms with van der Waals surface area (Å²) in [6.45, 7) is 24.3. The van der Waals surface area contributed by atoms with E-state index in [4.69, 9.17) is 52.6 Å². The quantitative estimate of drug-likeness (QED) is 0.0342. The summed E-state index contributed by atoms with van der Waals surface area (Å²) < 4.78 is 73.9. The highest BCUT2D eigenvalue weighted by Crippen LogP contribution is 2.48. The minimum Gasteiger partial charge on any atom is -0.375 e. The first kappa shape index (κ1) is 63.7. The second kappa shape index (κ2) is 27.5. The summed E-state index contributed by atoms with van der Waals surface area (Å²) in [5, 5.41) is 0.666. The van der Waals surface area contributed by atoms with Gasteiger partial charge in [-0.05, 0) is 91.2 Å². The first-order valence-corrected chi connectivity index (χ1v) is 30.7. The number of hydroxylamine groups is 2. The van der Waals surface area contributed by atoms with Gasteiger partial charge in [0.2, 0.25) is 0 Å². The second-order valence-corrected chi connectivity index (χ2v) is 26.3. The summed E-state index contributed by atoms with van der Waals surface area (Å²) in [6.07, 6.45) is 5.89. The molecule has 2 aromatic heterocycles. The number of hydrogen-bond donors (Lipinski definition) is 3. The third-order valence-corrected chi connectivity index (χ3v) is 16.7. The number of aromatic amines is 2. The molecule has 2 amide bonds. The Morgan fingerprint density at radius 3 is 1.48 bits per heavy atom. The Morgan fingerprint density at radius 1 is 0.671 bits per heavy atom. The van der Waals surface area contributed by atoms with E-state index in [2.05, 4.69) is 37.3 Å². The van der Waals surface area contributed by atoms with E-state index >= 15 is 0 Å². The molecule has 3 aromatic rings. The average Bonchev–Trinajstić information content (AvgIpc) is 4.28. The van der Waals surface area contributed by atoms with Crippen molar-refractivity contribution in [2.45, 2.75) is 169 Å². The number of nitrogens with two attached hydrogens (primary N) is 1. The lowest BCUT2D eigenvalue weighted by atomic mass is 9.90. The number of allylic oxidation sites excluding steroid dienone is 1. The van der Waals surface area contributed by atoms with Gasteiger partial charge in [0.25, 0.3) is 22.9 Å². The molecule has 7 heterocycles. The van der Waals surface area contributed by atoms with Crippen LogP contribution in [0.3, 0.4) is 0 Å². The largest absolute Gasteiger partial charge is 0.375 e. The van der Waals surface area contributed by atoms with Gasteiger partial charge in [0.05, 0.1) is 62.0 Å². The Bertz CT molecular complexity index is 2900. The zero-order valence-corrected chi connectivity index (χ0v) is 48.9. The topological polar surface area (TPSA) is 300 Å². The number of unbranched alkanes of at least 4 members (excludes halogenated alkanes) is 1. The molecule has 0 saturated carbocycles. The highest BCUT2D eigenvalue weighted by atomic mass is 31.2. The highest BCUT2D eigenvalue weighted by molar-refractivity contribution is 7.53. The van der Waals surface area contributed by atoms with E-state index < -0.39 is 86.4 Å². The highest BCUT2D eigenvalue weighted by Gasteiger charge is 2.46. The van der Waals surface area contributed by atoms with E-state index in [0.717, 1.165) is 19.3 Å². The normalized spacial score (nSPS) is 29.1. The Balaban J connectivity index is 0.000000227. The van der Waals surface area contributed by atoms with E-state index in [9.17, 15) is 37.9 Å². The van der Waals surface area contributed by atoms with Crippen molar-refractivity contribution in [3.05, 3.63) is 113 Å². The first-order chi connectivity index (χ1) is 37.1. The molecular weight excluding hydrogens is 1070 g/mol. The van der Waals surface area contributed by atoms with Crippen LogP contribution in [0, 0.1) is 31.1 Å². The first-order valence-electron chi connectivity index (χ1n) is 26.7. The number of fused-ring (bicyclic) bond motifs is 1. The number of imide groups is 1. The third-order valence-electron chi connectivity index (χ3n) is 14.3. The van der Waals surface area contributed by atoms with Gasteiger partial charge in [-0.3, -0.25) is 57.1 Å². The maximum Gasteiger partial charge on any atom is 0.330 e. The van der Waals surface area contributed by atoms with Crippen molar-refractivity contribution in [1.82, 2.24) is 24.2 Å². The summed E-state index contributed by atoms with van der Waals surface area (Å²) in [6, 6.07) is 6.33. The second-order valence-electron chi connectivity index (χ2n) is 22.2. The molecule has 26 heteroatoms. The molecule has 79 heavy (non-hydrogen) atoms. The van der Waals surface area contributed by atoms with Crippen molar-refractivity contribution in [2.75, 3.05) is 39.8 Å². The molecule has 0 aliphatic carbocycles. The SMILES string of the molecule is C=CCCCC(C)(C)C.Cc1cn([C@H]2C[C@@H](ON)[C@@H](COP(C)(=O)OC[C@@H]3CC(C)OC3C)O2)c(=O)[nH]c1=O.Cc1cn([C@H]2C[C@@H](ON3C(=O)c4ccccc4C3=O)[C@@H](COP(C)(=O)OC[C@@H]3CC(C)OC3C)O2)c(=O)[nH]c1=O. The number of amides is 2. The lowest BCUT2D eigenvalue weighted by Crippen LogP contribution is -2.39. The number of carbonyl (C=O) groups excluding carboxylic acids is 2. The fraction of sp³-hybridized carbons (Fsp3) is 0.660. The molecule has 4 fully saturated rings. The summed E-state index contributed by atoms with van der Waals surface area (Å²) >= 11 is 0. The number of nitrogens with one attached hydrogen (secondary N) is 2. The molecular formula is C53H80N6O18P2. The number of carbonyl (C=O) groups is 2. The Hall–Kier alpha value is -4.52. The number of rotatable bonds is 20. The van der Waals surface area contributed by atoms with Crippen LogP contribution in [0.1, 0.15) is 138 Å². The van der Waals surface area contributed by atoms with Crippen LogP contribution in [0.4, 0.5) is 0 Å². The van der Waals surface area contributed by atoms with Gasteiger partial charge in [0.1, 0.15) is 36.9 Å². The fourth-order valence-electron chi connectivity index (χ4n) is 9.74. The number of hydrogen-bond acceptors (Lipinski definition) is 19. The van der Waals surface area contributed by atoms with Crippen molar-refractivity contribution in [2.24, 2.45) is 23.1 Å². The predicted octanol–water partition coefficient (Wildman–Crippen LogP) is 6.85. The smallest absolute Gasteiger partial charge is 0.330 e. The Morgan fingerprint density at radius 2 is 1.09 bits per heavy atom. The number of aromatic nitrogens is 4. The molecule has 5 aliphatic rings. The van der Waals surface area contributed by atoms with Crippen LogP contribution in [-0.4, -0.2) is 125 Å². The lowest BCUT2D eigenvalue weighted by Gasteiger charge is -2.24. The zero-order chi connectivity index (χ0) is 58.1. The maximum atomic E-state index is 13.1. The van der Waals surface area contributed by atoms with Crippen molar-refractivity contribution in [3.8, 4) is 0 Å². The predicted molar refractivity (Wildman–Crippen MR) is 291 cm³/mol. The van der Waals surface area contributed by atoms with Crippen LogP contribution >= 0.6 is 15.2 Å². The molecule has 1 aromatic carbocycles. The minimum absolute atomic E-state index is 0.0243. The van der Waals surface area contributed by atoms with E-state index in [1.807, 2.05) is 33.8 Å². The molecule has 0 bridgehead atoms. The Kier molecular flexibility index (Phi) is 22.2. The van der Waals surface area contributed by atoms with Crippen LogP contribution in [0.25, 0.3) is 0 Å². The van der Waals surface area contributed by atoms with Crippen molar-refractivity contribution < 1.29 is 65.4 Å². The van der Waals surface area contributed by atoms with Crippen molar-refractivity contribution in [3.63, 3.8) is 0 Å². The van der Waals surface area contributed by atoms with Crippen molar-refractivity contribution in [1.29, 1.82) is 0 Å². The lowest BCUT2D eigenvalue weighted by molar-refractivity contribution is -0.154. The monoisotopic (exact) mass is 1150 g/mol. The van der Waals surface area contributed by atoms with E-state index in [0.29, 0.717) is 16.0 Å². The third kappa shape index (κ3) is 17.5. The van der Waals surface area contributed by atoms with Crippen LogP contribution in [0.5, 0.6) is 0 Å². The minimum atomic E-state index is -3.55. The summed E-state index contributed by atoms with van der Waals surface area (Å²) in [5.74, 6) is 4.33. The van der Waals surface area contributed by atoms with Gasteiger partial charge in [0, 0.05) is 61.5 Å². The molecule has 14 atom stereocenters. The molecule has 4 N–H and O–H groups in total. The molecule has 5 aliphatic heterocycles. The van der Waals surface area contributed by atoms with Gasteiger partial charge < -0.3 is 37.0 Å². The van der Waals surface area contributed by atoms with Gasteiger partial charge >= 0.3 is 26.6 Å². The molecule has 0 spiro atoms. The fourth-order valence-corrected chi connectivity index (χ4v) is 11.6. The van der Waals surface area contributed by atoms with Crippen LogP contribution in [-0.2, 0) is 55.8 Å². The standard InChI is InChI=1S/C26H32N3O10P.C18H30N3O8P.C9H18/c1-14-11-28(26(33)27-23(14)30)22-10-20(39-29-24(31)18-7-5-6-8-19(18)25(29)32)21(38-22)13-36-40(4,34)35-12-17-9-15(2)37-16(17)3;1-10-7-21(18(23)20-17(10)22)16-6-14(29-19)15(28-16)9-26-30(4,24)25-8-13-5-11(2)27-12(13)3;1-5-6-7-8-9(2,3)4/h5-8,11,15-17,20-22H,9-10,12-13H2,1-4H3,(H,27,30,33);7,11-16H,5-6,8-9,19H2,1-4H3,(H,20,22,23);5H,1,6-8H2,2-4H3/t15?,16?,17-,20+,21+,22+,40?;11?,12?,13-,14+,15+,16+,30?;/m00./s1. The molecule has 440 valence electrons. The Labute approximate surface area is 459 Å². The maximum absolute atomic E-state index is 13.1. The average molecular weight is 1150 g/mol. The van der Waals surface area contributed by atoms with Crippen LogP contribution < -0.4 is 28.4 Å². The van der Waals surface area contributed by atoms with E-state index in [1.165, 1.54) is 59.8 Å². The number of H-pyrrole nitrogens is 2. The number of benzene rings is 1. The van der Waals surface area contributed by atoms with Gasteiger partial charge in [0.15, 0.2) is 0 Å². The van der Waals surface area contributed by atoms with E-state index in [-0.39, 0.29) is 92.2 Å². The van der Waals surface area contributed by atoms with Gasteiger partial charge in [-0.2, -0.15) is 0 Å². The van der Waals surface area contributed by atoms with E-state index in [1.54, 1.807) is 26.0 Å². The van der Waals surface area contributed by atoms with Gasteiger partial charge in [-0.25, -0.2) is 15.5 Å². The number of ether oxygens (including phenoxy) is 4. The summed E-state index contributed by atoms with van der Waals surface area (Å²) in [4.78, 5) is 89.2. The number of nitrogens with zero attached hydrogens (tertiary/aromatic N) is 3. The van der Waals surface area contributed by atoms with Gasteiger partial charge in [-0.15, -0.1) is 11.6 Å². The van der Waals surface area contributed by atoms with Crippen LogP contribution in [0.15, 0.2) is 68.5 Å². The van der Waals surface area contributed by atoms with Crippen LogP contribution in [0.2, 0.25) is 0 Å². The van der Waals surface area contributed by atoms with Gasteiger partial charge in [-0.1, -0.05) is 39.0 Å². The molecule has 0 radical (unpaired) electrons. The molecule has 6 unspecified atom stereocenters. The zero-order valence-electron chi connectivity index (χ0n) is 47.1.